The Morgan fingerprint density at radius 1 is 0.905 bits per heavy atom. The second-order valence-electron chi connectivity index (χ2n) is 5.76. The maximum absolute atomic E-state index is 12.7. The summed E-state index contributed by atoms with van der Waals surface area (Å²) in [5, 5.41) is 3.20. The van der Waals surface area contributed by atoms with Crippen molar-refractivity contribution < 1.29 is 8.42 Å². The molecule has 1 aromatic rings. The zero-order valence-corrected chi connectivity index (χ0v) is 15.0. The van der Waals surface area contributed by atoms with Crippen LogP contribution in [0.2, 0.25) is 0 Å². The molecule has 0 aliphatic heterocycles. The highest BCUT2D eigenvalue weighted by Crippen LogP contribution is 2.29. The van der Waals surface area contributed by atoms with E-state index in [1.807, 2.05) is 48.5 Å². The first-order valence-corrected chi connectivity index (χ1v) is 8.91. The molecular weight excluding hydrogens is 284 g/mol. The monoisotopic (exact) mass is 312 g/mol. The van der Waals surface area contributed by atoms with Crippen molar-refractivity contribution in [3.8, 4) is 0 Å². The summed E-state index contributed by atoms with van der Waals surface area (Å²) >= 11 is 0. The molecule has 1 aromatic carbocycles. The molecule has 4 nitrogen and oxygen atoms in total. The number of sulfonamides is 1. The predicted molar refractivity (Wildman–Crippen MR) is 88.5 cm³/mol. The zero-order chi connectivity index (χ0) is 16.4. The summed E-state index contributed by atoms with van der Waals surface area (Å²) in [4.78, 5) is 0.437. The van der Waals surface area contributed by atoms with Gasteiger partial charge in [0.15, 0.2) is 0 Å². The molecule has 1 rings (SSSR count). The van der Waals surface area contributed by atoms with Crippen LogP contribution in [0, 0.1) is 34.6 Å². The van der Waals surface area contributed by atoms with Gasteiger partial charge in [-0.3, -0.25) is 0 Å². The van der Waals surface area contributed by atoms with Gasteiger partial charge in [0.2, 0.25) is 10.0 Å². The number of rotatable bonds is 6. The van der Waals surface area contributed by atoms with Crippen LogP contribution in [0.5, 0.6) is 0 Å². The molecular formula is C16H28N2O2S. The van der Waals surface area contributed by atoms with Crippen molar-refractivity contribution in [2.24, 2.45) is 0 Å². The van der Waals surface area contributed by atoms with Crippen LogP contribution in [0.25, 0.3) is 0 Å². The Kier molecular flexibility index (Phi) is 5.96. The summed E-state index contributed by atoms with van der Waals surface area (Å²) in [5.41, 5.74) is 4.97. The third-order valence-corrected chi connectivity index (χ3v) is 6.03. The average Bonchev–Trinajstić information content (AvgIpc) is 2.41. The zero-order valence-electron chi connectivity index (χ0n) is 14.2. The van der Waals surface area contributed by atoms with E-state index in [0.29, 0.717) is 11.4 Å². The van der Waals surface area contributed by atoms with Crippen LogP contribution in [0.1, 0.15) is 41.7 Å². The Balaban J connectivity index is 3.21. The van der Waals surface area contributed by atoms with Crippen molar-refractivity contribution in [3.05, 3.63) is 27.8 Å². The van der Waals surface area contributed by atoms with Gasteiger partial charge in [-0.25, -0.2) is 13.1 Å². The lowest BCUT2D eigenvalue weighted by Crippen LogP contribution is -2.39. The van der Waals surface area contributed by atoms with Crippen molar-refractivity contribution in [2.45, 2.75) is 59.4 Å². The summed E-state index contributed by atoms with van der Waals surface area (Å²) in [7, 11) is -3.49. The number of likely N-dealkylation sites (N-methyl/N-ethyl adjacent to an activating group) is 1. The summed E-state index contributed by atoms with van der Waals surface area (Å²) in [5.74, 6) is 0. The minimum Gasteiger partial charge on any atom is -0.313 e. The van der Waals surface area contributed by atoms with Crippen molar-refractivity contribution in [2.75, 3.05) is 13.1 Å². The lowest BCUT2D eigenvalue weighted by Gasteiger charge is -2.20. The van der Waals surface area contributed by atoms with Gasteiger partial charge in [0.05, 0.1) is 4.90 Å². The first-order valence-electron chi connectivity index (χ1n) is 7.43. The van der Waals surface area contributed by atoms with Gasteiger partial charge in [-0.2, -0.15) is 0 Å². The summed E-state index contributed by atoms with van der Waals surface area (Å²) < 4.78 is 28.0. The Bertz CT molecular complexity index is 593. The third-order valence-electron chi connectivity index (χ3n) is 4.33. The fraction of sp³-hybridized carbons (Fsp3) is 0.625. The molecule has 0 saturated heterocycles. The number of hydrogen-bond donors (Lipinski definition) is 2. The second kappa shape index (κ2) is 6.90. The van der Waals surface area contributed by atoms with Crippen LogP contribution in [-0.4, -0.2) is 27.5 Å². The quantitative estimate of drug-likeness (QED) is 0.848. The summed E-state index contributed by atoms with van der Waals surface area (Å²) in [6.07, 6.45) is 0. The van der Waals surface area contributed by atoms with Crippen molar-refractivity contribution in [1.82, 2.24) is 10.0 Å². The van der Waals surface area contributed by atoms with Crippen LogP contribution in [-0.2, 0) is 10.0 Å². The third kappa shape index (κ3) is 3.84. The van der Waals surface area contributed by atoms with Crippen LogP contribution in [0.15, 0.2) is 4.90 Å². The maximum Gasteiger partial charge on any atom is 0.241 e. The van der Waals surface area contributed by atoms with E-state index in [9.17, 15) is 8.42 Å². The van der Waals surface area contributed by atoms with Crippen LogP contribution >= 0.6 is 0 Å². The Morgan fingerprint density at radius 2 is 1.33 bits per heavy atom. The van der Waals surface area contributed by atoms with E-state index < -0.39 is 10.0 Å². The number of hydrogen-bond acceptors (Lipinski definition) is 3. The fourth-order valence-corrected chi connectivity index (χ4v) is 4.32. The lowest BCUT2D eigenvalue weighted by atomic mass is 9.95. The van der Waals surface area contributed by atoms with Crippen molar-refractivity contribution in [3.63, 3.8) is 0 Å². The molecule has 1 atom stereocenters. The van der Waals surface area contributed by atoms with Crippen molar-refractivity contribution >= 4 is 10.0 Å². The molecule has 0 heterocycles. The molecule has 120 valence electrons. The minimum atomic E-state index is -3.49. The average molecular weight is 312 g/mol. The molecule has 0 bridgehead atoms. The van der Waals surface area contributed by atoms with Crippen LogP contribution in [0.3, 0.4) is 0 Å². The van der Waals surface area contributed by atoms with Crippen LogP contribution < -0.4 is 10.0 Å². The molecule has 0 saturated carbocycles. The Labute approximate surface area is 129 Å². The second-order valence-corrected chi connectivity index (χ2v) is 7.47. The summed E-state index contributed by atoms with van der Waals surface area (Å²) in [6, 6.07) is 0.109. The normalized spacial score (nSPS) is 13.5. The fourth-order valence-electron chi connectivity index (χ4n) is 2.60. The molecule has 0 aromatic heterocycles. The van der Waals surface area contributed by atoms with Gasteiger partial charge in [-0.1, -0.05) is 6.92 Å². The van der Waals surface area contributed by atoms with E-state index in [4.69, 9.17) is 0 Å². The van der Waals surface area contributed by atoms with E-state index in [1.54, 1.807) is 0 Å². The molecule has 0 amide bonds. The van der Waals surface area contributed by atoms with E-state index in [-0.39, 0.29) is 6.04 Å². The predicted octanol–water partition coefficient (Wildman–Crippen LogP) is 2.51. The Hall–Kier alpha value is -0.910. The largest absolute Gasteiger partial charge is 0.313 e. The molecule has 21 heavy (non-hydrogen) atoms. The SMILES string of the molecule is CCN[C@H](C)CNS(=O)(=O)c1c(C)c(C)c(C)c(C)c1C. The van der Waals surface area contributed by atoms with Gasteiger partial charge < -0.3 is 5.32 Å². The first-order chi connectivity index (χ1) is 9.63. The molecule has 2 N–H and O–H groups in total. The maximum atomic E-state index is 12.7. The number of nitrogens with one attached hydrogen (secondary N) is 2. The molecule has 0 aliphatic carbocycles. The van der Waals surface area contributed by atoms with Gasteiger partial charge in [0.1, 0.15) is 0 Å². The summed E-state index contributed by atoms with van der Waals surface area (Å²) in [6.45, 7) is 15.0. The molecule has 0 unspecified atom stereocenters. The lowest BCUT2D eigenvalue weighted by molar-refractivity contribution is 0.535. The Morgan fingerprint density at radius 3 is 1.76 bits per heavy atom. The molecule has 0 spiro atoms. The van der Waals surface area contributed by atoms with Gasteiger partial charge in [0.25, 0.3) is 0 Å². The van der Waals surface area contributed by atoms with E-state index in [0.717, 1.165) is 28.8 Å². The van der Waals surface area contributed by atoms with Crippen molar-refractivity contribution in [1.29, 1.82) is 0 Å². The molecule has 5 heteroatoms. The highest BCUT2D eigenvalue weighted by molar-refractivity contribution is 7.89. The molecule has 0 aliphatic rings. The highest BCUT2D eigenvalue weighted by atomic mass is 32.2. The van der Waals surface area contributed by atoms with Gasteiger partial charge in [-0.05, 0) is 75.9 Å². The minimum absolute atomic E-state index is 0.109. The van der Waals surface area contributed by atoms with Gasteiger partial charge in [-0.15, -0.1) is 0 Å². The van der Waals surface area contributed by atoms with E-state index >= 15 is 0 Å². The molecule has 0 fully saturated rings. The highest BCUT2D eigenvalue weighted by Gasteiger charge is 2.23. The number of benzene rings is 1. The van der Waals surface area contributed by atoms with Crippen LogP contribution in [0.4, 0.5) is 0 Å². The molecule has 0 radical (unpaired) electrons. The van der Waals surface area contributed by atoms with Gasteiger partial charge in [0, 0.05) is 12.6 Å². The standard InChI is InChI=1S/C16H28N2O2S/c1-8-17-10(2)9-18-21(19,20)16-14(6)12(4)11(3)13(5)15(16)7/h10,17-18H,8-9H2,1-7H3/t10-/m1/s1. The topological polar surface area (TPSA) is 58.2 Å². The first kappa shape index (κ1) is 18.1. The van der Waals surface area contributed by atoms with E-state index in [2.05, 4.69) is 10.0 Å². The van der Waals surface area contributed by atoms with E-state index in [1.165, 1.54) is 5.56 Å². The van der Waals surface area contributed by atoms with Gasteiger partial charge >= 0.3 is 0 Å². The smallest absolute Gasteiger partial charge is 0.241 e.